The van der Waals surface area contributed by atoms with E-state index in [1.807, 2.05) is 0 Å². The van der Waals surface area contributed by atoms with E-state index < -0.39 is 0 Å². The Kier molecular flexibility index (Phi) is 5.18. The Morgan fingerprint density at radius 1 is 0.500 bits per heavy atom. The summed E-state index contributed by atoms with van der Waals surface area (Å²) in [5.74, 6) is 0. The average molecular weight is 218 g/mol. The topological polar surface area (TPSA) is 0 Å². The van der Waals surface area contributed by atoms with E-state index in [0.29, 0.717) is 0 Å². The van der Waals surface area contributed by atoms with Crippen molar-refractivity contribution in [3.8, 4) is 0 Å². The largest absolute Gasteiger partial charge is 0.0811 e. The van der Waals surface area contributed by atoms with Gasteiger partial charge in [0.05, 0.1) is 0 Å². The summed E-state index contributed by atoms with van der Waals surface area (Å²) in [5.41, 5.74) is 3.42. The quantitative estimate of drug-likeness (QED) is 0.541. The van der Waals surface area contributed by atoms with E-state index >= 15 is 0 Å². The third-order valence-corrected chi connectivity index (χ3v) is 3.99. The Bertz CT molecular complexity index is 229. The number of hydrogen-bond donors (Lipinski definition) is 0. The van der Waals surface area contributed by atoms with Crippen molar-refractivity contribution in [2.45, 2.75) is 77.0 Å². The maximum absolute atomic E-state index is 2.55. The molecule has 0 heterocycles. The molecule has 0 aliphatic heterocycles. The zero-order valence-corrected chi connectivity index (χ0v) is 10.6. The highest BCUT2D eigenvalue weighted by Gasteiger charge is 2.08. The molecule has 0 atom stereocenters. The highest BCUT2D eigenvalue weighted by Crippen LogP contribution is 2.28. The van der Waals surface area contributed by atoms with Gasteiger partial charge in [0.15, 0.2) is 0 Å². The minimum absolute atomic E-state index is 1.33. The van der Waals surface area contributed by atoms with Gasteiger partial charge < -0.3 is 0 Å². The van der Waals surface area contributed by atoms with Crippen LogP contribution in [0.3, 0.4) is 0 Å². The van der Waals surface area contributed by atoms with Gasteiger partial charge in [0.2, 0.25) is 0 Å². The predicted molar refractivity (Wildman–Crippen MR) is 71.6 cm³/mol. The summed E-state index contributed by atoms with van der Waals surface area (Å²) in [4.78, 5) is 0. The average Bonchev–Trinajstić information content (AvgIpc) is 2.18. The SMILES string of the molecule is C1=C(/C2=C/CCCCCC2)CCCCCC/1. The smallest absolute Gasteiger partial charge is 0.0279 e. The molecule has 0 saturated heterocycles. The molecule has 0 nitrogen and oxygen atoms in total. The second kappa shape index (κ2) is 6.93. The summed E-state index contributed by atoms with van der Waals surface area (Å²) in [6, 6.07) is 0. The third kappa shape index (κ3) is 3.81. The summed E-state index contributed by atoms with van der Waals surface area (Å²) >= 11 is 0. The van der Waals surface area contributed by atoms with Crippen LogP contribution < -0.4 is 0 Å². The zero-order chi connectivity index (χ0) is 11.1. The van der Waals surface area contributed by atoms with E-state index in [0.717, 1.165) is 0 Å². The van der Waals surface area contributed by atoms with Crippen LogP contribution in [-0.2, 0) is 0 Å². The van der Waals surface area contributed by atoms with E-state index in [1.165, 1.54) is 77.0 Å². The molecule has 0 bridgehead atoms. The second-order valence-corrected chi connectivity index (χ2v) is 5.36. The van der Waals surface area contributed by atoms with Crippen LogP contribution in [0.5, 0.6) is 0 Å². The van der Waals surface area contributed by atoms with E-state index in [-0.39, 0.29) is 0 Å². The van der Waals surface area contributed by atoms with Crippen LogP contribution in [0.2, 0.25) is 0 Å². The molecule has 16 heavy (non-hydrogen) atoms. The summed E-state index contributed by atoms with van der Waals surface area (Å²) in [7, 11) is 0. The normalized spacial score (nSPS) is 31.0. The first kappa shape index (κ1) is 12.0. The van der Waals surface area contributed by atoms with Crippen LogP contribution in [0, 0.1) is 0 Å². The first-order valence-electron chi connectivity index (χ1n) is 7.35. The molecule has 0 amide bonds. The fourth-order valence-corrected chi connectivity index (χ4v) is 2.97. The lowest BCUT2D eigenvalue weighted by atomic mass is 9.89. The predicted octanol–water partition coefficient (Wildman–Crippen LogP) is 5.55. The molecule has 2 rings (SSSR count). The van der Waals surface area contributed by atoms with E-state index in [4.69, 9.17) is 0 Å². The second-order valence-electron chi connectivity index (χ2n) is 5.36. The highest BCUT2D eigenvalue weighted by molar-refractivity contribution is 5.31. The Balaban J connectivity index is 2.01. The van der Waals surface area contributed by atoms with Gasteiger partial charge in [-0.2, -0.15) is 0 Å². The van der Waals surface area contributed by atoms with Crippen LogP contribution in [0.1, 0.15) is 77.0 Å². The molecule has 0 unspecified atom stereocenters. The van der Waals surface area contributed by atoms with Crippen molar-refractivity contribution in [1.82, 2.24) is 0 Å². The van der Waals surface area contributed by atoms with Crippen molar-refractivity contribution in [3.05, 3.63) is 23.3 Å². The van der Waals surface area contributed by atoms with Crippen LogP contribution in [0.15, 0.2) is 23.3 Å². The molecule has 0 heteroatoms. The molecular weight excluding hydrogens is 192 g/mol. The van der Waals surface area contributed by atoms with Gasteiger partial charge in [-0.25, -0.2) is 0 Å². The molecule has 2 aliphatic rings. The maximum atomic E-state index is 2.55. The fraction of sp³-hybridized carbons (Fsp3) is 0.750. The van der Waals surface area contributed by atoms with Gasteiger partial charge >= 0.3 is 0 Å². The van der Waals surface area contributed by atoms with Gasteiger partial charge in [0.25, 0.3) is 0 Å². The van der Waals surface area contributed by atoms with Gasteiger partial charge in [0, 0.05) is 0 Å². The van der Waals surface area contributed by atoms with Crippen molar-refractivity contribution in [2.75, 3.05) is 0 Å². The lowest BCUT2D eigenvalue weighted by Gasteiger charge is -2.17. The van der Waals surface area contributed by atoms with Gasteiger partial charge in [-0.3, -0.25) is 0 Å². The third-order valence-electron chi connectivity index (χ3n) is 3.99. The van der Waals surface area contributed by atoms with Gasteiger partial charge in [-0.05, 0) is 62.5 Å². The molecule has 0 spiro atoms. The van der Waals surface area contributed by atoms with Gasteiger partial charge in [-0.1, -0.05) is 37.8 Å². The number of allylic oxidation sites excluding steroid dienone is 4. The molecule has 0 aromatic carbocycles. The summed E-state index contributed by atoms with van der Waals surface area (Å²) in [6.07, 6.45) is 21.9. The standard InChI is InChI=1S/C16H26/c1-3-7-11-15(12-8-4-1)16-13-9-5-2-6-10-14-16/h11,13H,1-10,12,14H2/b15-11+,16-13+. The highest BCUT2D eigenvalue weighted by atomic mass is 14.1. The molecule has 0 saturated carbocycles. The molecule has 90 valence electrons. The van der Waals surface area contributed by atoms with Gasteiger partial charge in [0.1, 0.15) is 0 Å². The molecule has 0 fully saturated rings. The summed E-state index contributed by atoms with van der Waals surface area (Å²) in [6.45, 7) is 0. The van der Waals surface area contributed by atoms with E-state index in [9.17, 15) is 0 Å². The van der Waals surface area contributed by atoms with Gasteiger partial charge in [-0.15, -0.1) is 0 Å². The molecule has 0 aromatic rings. The Morgan fingerprint density at radius 3 is 1.44 bits per heavy atom. The van der Waals surface area contributed by atoms with Crippen molar-refractivity contribution >= 4 is 0 Å². The van der Waals surface area contributed by atoms with Crippen molar-refractivity contribution in [2.24, 2.45) is 0 Å². The Morgan fingerprint density at radius 2 is 0.938 bits per heavy atom. The first-order chi connectivity index (χ1) is 7.97. The molecule has 0 radical (unpaired) electrons. The minimum atomic E-state index is 1.33. The Labute approximate surface area is 101 Å². The van der Waals surface area contributed by atoms with Crippen LogP contribution >= 0.6 is 0 Å². The Hall–Kier alpha value is -0.520. The monoisotopic (exact) mass is 218 g/mol. The van der Waals surface area contributed by atoms with Crippen LogP contribution in [0.4, 0.5) is 0 Å². The first-order valence-corrected chi connectivity index (χ1v) is 7.35. The molecule has 2 aliphatic carbocycles. The number of rotatable bonds is 1. The molecule has 0 N–H and O–H groups in total. The lowest BCUT2D eigenvalue weighted by molar-refractivity contribution is 0.605. The van der Waals surface area contributed by atoms with Crippen molar-refractivity contribution in [3.63, 3.8) is 0 Å². The van der Waals surface area contributed by atoms with Crippen molar-refractivity contribution < 1.29 is 0 Å². The van der Waals surface area contributed by atoms with Crippen LogP contribution in [0.25, 0.3) is 0 Å². The van der Waals surface area contributed by atoms with Crippen molar-refractivity contribution in [1.29, 1.82) is 0 Å². The maximum Gasteiger partial charge on any atom is -0.0279 e. The van der Waals surface area contributed by atoms with Crippen LogP contribution in [-0.4, -0.2) is 0 Å². The lowest BCUT2D eigenvalue weighted by Crippen LogP contribution is -1.97. The summed E-state index contributed by atoms with van der Waals surface area (Å²) < 4.78 is 0. The fourth-order valence-electron chi connectivity index (χ4n) is 2.97. The molecule has 0 aromatic heterocycles. The zero-order valence-electron chi connectivity index (χ0n) is 10.6. The van der Waals surface area contributed by atoms with E-state index in [1.54, 1.807) is 11.1 Å². The van der Waals surface area contributed by atoms with E-state index in [2.05, 4.69) is 12.2 Å². The summed E-state index contributed by atoms with van der Waals surface area (Å²) in [5, 5.41) is 0. The number of hydrogen-bond acceptors (Lipinski definition) is 0. The minimum Gasteiger partial charge on any atom is -0.0811 e. The molecular formula is C16H26.